The summed E-state index contributed by atoms with van der Waals surface area (Å²) >= 11 is 1.19. The molecular formula is C13H8N2O3S. The summed E-state index contributed by atoms with van der Waals surface area (Å²) < 4.78 is 0. The second kappa shape index (κ2) is 5.42. The lowest BCUT2D eigenvalue weighted by atomic mass is 10.2. The Labute approximate surface area is 113 Å². The van der Waals surface area contributed by atoms with Crippen LogP contribution in [-0.4, -0.2) is 10.0 Å². The first kappa shape index (κ1) is 12.9. The zero-order chi connectivity index (χ0) is 13.8. The Morgan fingerprint density at radius 1 is 1.21 bits per heavy atom. The number of benzene rings is 2. The van der Waals surface area contributed by atoms with Crippen LogP contribution in [0.4, 0.5) is 5.69 Å². The monoisotopic (exact) mass is 272 g/mol. The minimum absolute atomic E-state index is 0.106. The second-order valence-electron chi connectivity index (χ2n) is 3.62. The van der Waals surface area contributed by atoms with Gasteiger partial charge in [-0.1, -0.05) is 23.9 Å². The summed E-state index contributed by atoms with van der Waals surface area (Å²) in [6, 6.07) is 12.7. The first-order valence-corrected chi connectivity index (χ1v) is 6.08. The highest BCUT2D eigenvalue weighted by molar-refractivity contribution is 7.99. The number of nitrogens with zero attached hydrogens (tertiary/aromatic N) is 2. The SMILES string of the molecule is N#Cc1cc([N+](=O)[O-])ccc1Sc1ccccc1O. The van der Waals surface area contributed by atoms with Crippen molar-refractivity contribution in [3.05, 3.63) is 58.1 Å². The van der Waals surface area contributed by atoms with Gasteiger partial charge in [0.15, 0.2) is 0 Å². The molecule has 2 aromatic carbocycles. The highest BCUT2D eigenvalue weighted by atomic mass is 32.2. The number of hydrogen-bond donors (Lipinski definition) is 1. The van der Waals surface area contributed by atoms with Gasteiger partial charge >= 0.3 is 0 Å². The third-order valence-corrected chi connectivity index (χ3v) is 3.52. The van der Waals surface area contributed by atoms with Gasteiger partial charge in [-0.05, 0) is 18.2 Å². The van der Waals surface area contributed by atoms with Gasteiger partial charge in [-0.25, -0.2) is 0 Å². The predicted molar refractivity (Wildman–Crippen MR) is 70.0 cm³/mol. The molecule has 0 unspecified atom stereocenters. The lowest BCUT2D eigenvalue weighted by molar-refractivity contribution is -0.384. The quantitative estimate of drug-likeness (QED) is 0.684. The first-order chi connectivity index (χ1) is 9.11. The number of phenols is 1. The van der Waals surface area contributed by atoms with Crippen molar-refractivity contribution >= 4 is 17.4 Å². The highest BCUT2D eigenvalue weighted by Crippen LogP contribution is 2.36. The summed E-state index contributed by atoms with van der Waals surface area (Å²) in [5.41, 5.74) is 0.0839. The van der Waals surface area contributed by atoms with Crippen molar-refractivity contribution < 1.29 is 10.0 Å². The summed E-state index contributed by atoms with van der Waals surface area (Å²) in [5.74, 6) is 0.106. The van der Waals surface area contributed by atoms with Gasteiger partial charge < -0.3 is 5.11 Å². The molecule has 0 amide bonds. The summed E-state index contributed by atoms with van der Waals surface area (Å²) in [6.07, 6.45) is 0. The Morgan fingerprint density at radius 3 is 2.58 bits per heavy atom. The maximum Gasteiger partial charge on any atom is 0.270 e. The highest BCUT2D eigenvalue weighted by Gasteiger charge is 2.12. The molecule has 2 rings (SSSR count). The number of rotatable bonds is 3. The van der Waals surface area contributed by atoms with E-state index in [4.69, 9.17) is 5.26 Å². The van der Waals surface area contributed by atoms with Crippen LogP contribution in [0.1, 0.15) is 5.56 Å². The van der Waals surface area contributed by atoms with Crippen molar-refractivity contribution in [3.8, 4) is 11.8 Å². The van der Waals surface area contributed by atoms with Gasteiger partial charge in [0.1, 0.15) is 11.8 Å². The van der Waals surface area contributed by atoms with Crippen molar-refractivity contribution in [2.45, 2.75) is 9.79 Å². The van der Waals surface area contributed by atoms with E-state index < -0.39 is 4.92 Å². The van der Waals surface area contributed by atoms with Crippen LogP contribution in [0, 0.1) is 21.4 Å². The van der Waals surface area contributed by atoms with Crippen LogP contribution in [0.25, 0.3) is 0 Å². The van der Waals surface area contributed by atoms with E-state index in [1.807, 2.05) is 6.07 Å². The summed E-state index contributed by atoms with van der Waals surface area (Å²) in [5, 5.41) is 29.3. The number of aromatic hydroxyl groups is 1. The van der Waals surface area contributed by atoms with Crippen LogP contribution in [0.15, 0.2) is 52.3 Å². The van der Waals surface area contributed by atoms with Crippen LogP contribution in [-0.2, 0) is 0 Å². The van der Waals surface area contributed by atoms with Gasteiger partial charge in [-0.3, -0.25) is 10.1 Å². The van der Waals surface area contributed by atoms with E-state index in [1.165, 1.54) is 30.0 Å². The van der Waals surface area contributed by atoms with Crippen LogP contribution in [0.3, 0.4) is 0 Å². The van der Waals surface area contributed by atoms with Crippen molar-refractivity contribution in [1.82, 2.24) is 0 Å². The standard InChI is InChI=1S/C13H8N2O3S/c14-8-9-7-10(15(17)18)5-6-12(9)19-13-4-2-1-3-11(13)16/h1-7,16H. The molecule has 0 aliphatic carbocycles. The molecule has 1 N–H and O–H groups in total. The molecule has 0 bridgehead atoms. The maximum absolute atomic E-state index is 10.6. The Morgan fingerprint density at radius 2 is 1.95 bits per heavy atom. The van der Waals surface area contributed by atoms with E-state index in [0.29, 0.717) is 9.79 Å². The van der Waals surface area contributed by atoms with Gasteiger partial charge in [0, 0.05) is 17.0 Å². The zero-order valence-corrected chi connectivity index (χ0v) is 10.4. The zero-order valence-electron chi connectivity index (χ0n) is 9.61. The number of non-ortho nitro benzene ring substituents is 1. The lowest BCUT2D eigenvalue weighted by Gasteiger charge is -2.05. The maximum atomic E-state index is 10.6. The van der Waals surface area contributed by atoms with E-state index >= 15 is 0 Å². The topological polar surface area (TPSA) is 87.2 Å². The molecule has 0 aliphatic heterocycles. The third-order valence-electron chi connectivity index (χ3n) is 2.38. The Balaban J connectivity index is 2.39. The fourth-order valence-corrected chi connectivity index (χ4v) is 2.38. The number of nitriles is 1. The summed E-state index contributed by atoms with van der Waals surface area (Å²) in [4.78, 5) is 11.3. The smallest absolute Gasteiger partial charge is 0.270 e. The van der Waals surface area contributed by atoms with Crippen molar-refractivity contribution in [3.63, 3.8) is 0 Å². The second-order valence-corrected chi connectivity index (χ2v) is 4.70. The third kappa shape index (κ3) is 2.84. The Kier molecular flexibility index (Phi) is 3.68. The van der Waals surface area contributed by atoms with Gasteiger partial charge in [0.2, 0.25) is 0 Å². The normalized spacial score (nSPS) is 9.84. The Hall–Kier alpha value is -2.52. The van der Waals surface area contributed by atoms with E-state index in [-0.39, 0.29) is 17.0 Å². The van der Waals surface area contributed by atoms with E-state index in [1.54, 1.807) is 24.3 Å². The molecule has 0 fully saturated rings. The van der Waals surface area contributed by atoms with Gasteiger partial charge in [0.05, 0.1) is 15.4 Å². The predicted octanol–water partition coefficient (Wildman–Crippen LogP) is 3.32. The molecule has 0 saturated carbocycles. The average Bonchev–Trinajstić information content (AvgIpc) is 2.41. The van der Waals surface area contributed by atoms with Gasteiger partial charge in [0.25, 0.3) is 5.69 Å². The molecule has 6 heteroatoms. The van der Waals surface area contributed by atoms with Crippen molar-refractivity contribution in [2.75, 3.05) is 0 Å². The average molecular weight is 272 g/mol. The molecule has 0 spiro atoms. The van der Waals surface area contributed by atoms with Gasteiger partial charge in [-0.2, -0.15) is 5.26 Å². The lowest BCUT2D eigenvalue weighted by Crippen LogP contribution is -1.90. The number of hydrogen-bond acceptors (Lipinski definition) is 5. The number of nitro groups is 1. The van der Waals surface area contributed by atoms with E-state index in [0.717, 1.165) is 0 Å². The molecule has 0 saturated heterocycles. The molecule has 94 valence electrons. The minimum atomic E-state index is -0.546. The minimum Gasteiger partial charge on any atom is -0.507 e. The Bertz CT molecular complexity index is 680. The first-order valence-electron chi connectivity index (χ1n) is 5.26. The summed E-state index contributed by atoms with van der Waals surface area (Å²) in [6.45, 7) is 0. The molecule has 0 aliphatic rings. The molecule has 2 aromatic rings. The molecule has 0 heterocycles. The fourth-order valence-electron chi connectivity index (χ4n) is 1.47. The van der Waals surface area contributed by atoms with E-state index in [2.05, 4.69) is 0 Å². The molecule has 0 aromatic heterocycles. The van der Waals surface area contributed by atoms with E-state index in [9.17, 15) is 15.2 Å². The van der Waals surface area contributed by atoms with Gasteiger partial charge in [-0.15, -0.1) is 0 Å². The molecular weight excluding hydrogens is 264 g/mol. The number of nitro benzene ring substituents is 1. The molecule has 5 nitrogen and oxygen atoms in total. The fraction of sp³-hybridized carbons (Fsp3) is 0. The van der Waals surface area contributed by atoms with Crippen LogP contribution in [0.5, 0.6) is 5.75 Å². The molecule has 0 atom stereocenters. The summed E-state index contributed by atoms with van der Waals surface area (Å²) in [7, 11) is 0. The number of para-hydroxylation sites is 1. The van der Waals surface area contributed by atoms with Crippen LogP contribution < -0.4 is 0 Å². The molecule has 0 radical (unpaired) electrons. The molecule has 19 heavy (non-hydrogen) atoms. The van der Waals surface area contributed by atoms with Crippen molar-refractivity contribution in [2.24, 2.45) is 0 Å². The van der Waals surface area contributed by atoms with Crippen LogP contribution >= 0.6 is 11.8 Å². The number of phenolic OH excluding ortho intramolecular Hbond substituents is 1. The van der Waals surface area contributed by atoms with Crippen LogP contribution in [0.2, 0.25) is 0 Å². The van der Waals surface area contributed by atoms with Crippen molar-refractivity contribution in [1.29, 1.82) is 5.26 Å². The largest absolute Gasteiger partial charge is 0.507 e.